The van der Waals surface area contributed by atoms with Crippen LogP contribution in [0.4, 0.5) is 0 Å². The van der Waals surface area contributed by atoms with E-state index >= 15 is 0 Å². The maximum atomic E-state index is 5.99. The van der Waals surface area contributed by atoms with Crippen LogP contribution in [0.1, 0.15) is 62.7 Å². The Bertz CT molecular complexity index is 808. The number of likely N-dealkylation sites (tertiary alicyclic amines) is 1. The first-order valence-electron chi connectivity index (χ1n) is 9.16. The molecule has 0 bridgehead atoms. The van der Waals surface area contributed by atoms with Gasteiger partial charge in [0.1, 0.15) is 5.52 Å². The number of nitrogens with zero attached hydrogens (tertiary/aromatic N) is 4. The van der Waals surface area contributed by atoms with E-state index in [-0.39, 0.29) is 6.04 Å². The van der Waals surface area contributed by atoms with Gasteiger partial charge in [0, 0.05) is 18.9 Å². The quantitative estimate of drug-likeness (QED) is 0.696. The lowest BCUT2D eigenvalue weighted by molar-refractivity contribution is 0.126. The van der Waals surface area contributed by atoms with Gasteiger partial charge in [-0.1, -0.05) is 24.2 Å². The molecule has 1 fully saturated rings. The number of hydrogen-bond donors (Lipinski definition) is 0. The fourth-order valence-corrected chi connectivity index (χ4v) is 3.54. The number of fused-ring (bicyclic) bond motifs is 1. The number of rotatable bonds is 5. The van der Waals surface area contributed by atoms with Crippen LogP contribution in [0.3, 0.4) is 0 Å². The lowest BCUT2D eigenvalue weighted by Gasteiger charge is -2.34. The van der Waals surface area contributed by atoms with Crippen molar-refractivity contribution in [3.8, 4) is 0 Å². The summed E-state index contributed by atoms with van der Waals surface area (Å²) in [6, 6.07) is 8.07. The molecule has 1 aliphatic rings. The lowest BCUT2D eigenvalue weighted by atomic mass is 9.97. The summed E-state index contributed by atoms with van der Waals surface area (Å²) in [6.07, 6.45) is 4.10. The van der Waals surface area contributed by atoms with E-state index < -0.39 is 0 Å². The van der Waals surface area contributed by atoms with Crippen molar-refractivity contribution >= 4 is 11.1 Å². The third-order valence-electron chi connectivity index (χ3n) is 4.97. The summed E-state index contributed by atoms with van der Waals surface area (Å²) in [5, 5.41) is 4.08. The Labute approximate surface area is 147 Å². The van der Waals surface area contributed by atoms with Gasteiger partial charge < -0.3 is 8.94 Å². The third kappa shape index (κ3) is 3.31. The van der Waals surface area contributed by atoms with Gasteiger partial charge in [-0.05, 0) is 44.9 Å². The molecule has 0 amide bonds. The molecule has 1 aliphatic heterocycles. The molecule has 3 aromatic rings. The smallest absolute Gasteiger partial charge is 0.243 e. The first kappa shape index (κ1) is 16.3. The van der Waals surface area contributed by atoms with Crippen LogP contribution < -0.4 is 0 Å². The molecule has 1 aromatic carbocycles. The van der Waals surface area contributed by atoms with Crippen molar-refractivity contribution in [3.05, 3.63) is 41.9 Å². The second kappa shape index (κ2) is 6.96. The van der Waals surface area contributed by atoms with Gasteiger partial charge in [0.2, 0.25) is 5.89 Å². The minimum Gasteiger partial charge on any atom is -0.440 e. The molecule has 2 aromatic heterocycles. The maximum absolute atomic E-state index is 5.99. The second-order valence-electron chi connectivity index (χ2n) is 6.83. The molecule has 0 radical (unpaired) electrons. The molecule has 6 nitrogen and oxygen atoms in total. The van der Waals surface area contributed by atoms with Crippen molar-refractivity contribution in [2.24, 2.45) is 0 Å². The normalized spacial score (nSPS) is 20.2. The van der Waals surface area contributed by atoms with E-state index in [1.165, 1.54) is 0 Å². The van der Waals surface area contributed by atoms with Gasteiger partial charge in [-0.2, -0.15) is 4.98 Å². The summed E-state index contributed by atoms with van der Waals surface area (Å²) >= 11 is 0. The molecule has 0 spiro atoms. The highest BCUT2D eigenvalue weighted by molar-refractivity contribution is 5.72. The first-order valence-corrected chi connectivity index (χ1v) is 9.16. The van der Waals surface area contributed by atoms with Crippen molar-refractivity contribution in [1.82, 2.24) is 20.0 Å². The number of piperidine rings is 1. The molecule has 1 saturated heterocycles. The summed E-state index contributed by atoms with van der Waals surface area (Å²) in [5.74, 6) is 2.66. The summed E-state index contributed by atoms with van der Waals surface area (Å²) in [5.41, 5.74) is 1.80. The largest absolute Gasteiger partial charge is 0.440 e. The summed E-state index contributed by atoms with van der Waals surface area (Å²) < 4.78 is 11.5. The second-order valence-corrected chi connectivity index (χ2v) is 6.83. The monoisotopic (exact) mass is 340 g/mol. The van der Waals surface area contributed by atoms with Crippen LogP contribution in [-0.2, 0) is 6.42 Å². The number of aryl methyl sites for hydroxylation is 1. The molecule has 25 heavy (non-hydrogen) atoms. The van der Waals surface area contributed by atoms with E-state index in [2.05, 4.69) is 33.9 Å². The maximum Gasteiger partial charge on any atom is 0.243 e. The fraction of sp³-hybridized carbons (Fsp3) is 0.526. The van der Waals surface area contributed by atoms with Gasteiger partial charge >= 0.3 is 0 Å². The standard InChI is InChI=1S/C19H24N4O2/c1-3-7-17-21-18(25-22-17)13(2)23-11-6-8-14(12-23)19-20-15-9-4-5-10-16(15)24-19/h4-5,9-10,13-14H,3,6-8,11-12H2,1-2H3/t13-,14-/m0/s1. The van der Waals surface area contributed by atoms with Crippen molar-refractivity contribution in [1.29, 1.82) is 0 Å². The van der Waals surface area contributed by atoms with Gasteiger partial charge in [-0.3, -0.25) is 4.90 Å². The van der Waals surface area contributed by atoms with E-state index in [9.17, 15) is 0 Å². The number of para-hydroxylation sites is 2. The van der Waals surface area contributed by atoms with E-state index in [0.29, 0.717) is 11.8 Å². The number of benzene rings is 1. The van der Waals surface area contributed by atoms with E-state index in [4.69, 9.17) is 8.94 Å². The number of oxazole rings is 1. The molecular weight excluding hydrogens is 316 g/mol. The zero-order chi connectivity index (χ0) is 17.2. The van der Waals surface area contributed by atoms with Crippen molar-refractivity contribution in [2.45, 2.75) is 51.5 Å². The SMILES string of the molecule is CCCc1noc([C@H](C)N2CCC[C@H](c3nc4ccccc4o3)C2)n1. The van der Waals surface area contributed by atoms with E-state index in [0.717, 1.165) is 61.6 Å². The number of hydrogen-bond acceptors (Lipinski definition) is 6. The number of aromatic nitrogens is 3. The molecule has 0 N–H and O–H groups in total. The summed E-state index contributed by atoms with van der Waals surface area (Å²) in [6.45, 7) is 6.19. The Morgan fingerprint density at radius 1 is 1.28 bits per heavy atom. The molecule has 132 valence electrons. The van der Waals surface area contributed by atoms with Crippen molar-refractivity contribution in [3.63, 3.8) is 0 Å². The summed E-state index contributed by atoms with van der Waals surface area (Å²) in [4.78, 5) is 11.6. The molecule has 0 aliphatic carbocycles. The van der Waals surface area contributed by atoms with Crippen molar-refractivity contribution < 1.29 is 8.94 Å². The van der Waals surface area contributed by atoms with Crippen LogP contribution in [-0.4, -0.2) is 33.1 Å². The molecule has 0 saturated carbocycles. The Morgan fingerprint density at radius 3 is 3.00 bits per heavy atom. The van der Waals surface area contributed by atoms with Gasteiger partial charge in [-0.15, -0.1) is 0 Å². The van der Waals surface area contributed by atoms with Crippen LogP contribution in [0.25, 0.3) is 11.1 Å². The van der Waals surface area contributed by atoms with Gasteiger partial charge in [0.05, 0.1) is 6.04 Å². The lowest BCUT2D eigenvalue weighted by Crippen LogP contribution is -2.36. The van der Waals surface area contributed by atoms with Gasteiger partial charge in [0.15, 0.2) is 17.3 Å². The minimum atomic E-state index is 0.116. The molecule has 3 heterocycles. The van der Waals surface area contributed by atoms with Crippen LogP contribution in [0, 0.1) is 0 Å². The van der Waals surface area contributed by atoms with Crippen LogP contribution in [0.15, 0.2) is 33.2 Å². The average molecular weight is 340 g/mol. The van der Waals surface area contributed by atoms with Gasteiger partial charge in [-0.25, -0.2) is 4.98 Å². The third-order valence-corrected chi connectivity index (χ3v) is 4.97. The topological polar surface area (TPSA) is 68.2 Å². The molecule has 4 rings (SSSR count). The van der Waals surface area contributed by atoms with Gasteiger partial charge in [0.25, 0.3) is 0 Å². The average Bonchev–Trinajstić information content (AvgIpc) is 3.28. The molecule has 0 unspecified atom stereocenters. The Kier molecular flexibility index (Phi) is 4.53. The Balaban J connectivity index is 1.49. The Morgan fingerprint density at radius 2 is 2.16 bits per heavy atom. The van der Waals surface area contributed by atoms with Crippen LogP contribution >= 0.6 is 0 Å². The predicted molar refractivity (Wildman–Crippen MR) is 94.3 cm³/mol. The summed E-state index contributed by atoms with van der Waals surface area (Å²) in [7, 11) is 0. The zero-order valence-electron chi connectivity index (χ0n) is 14.8. The van der Waals surface area contributed by atoms with E-state index in [1.807, 2.05) is 24.3 Å². The highest BCUT2D eigenvalue weighted by atomic mass is 16.5. The minimum absolute atomic E-state index is 0.116. The Hall–Kier alpha value is -2.21. The predicted octanol–water partition coefficient (Wildman–Crippen LogP) is 4.10. The van der Waals surface area contributed by atoms with Crippen molar-refractivity contribution in [2.75, 3.05) is 13.1 Å². The fourth-order valence-electron chi connectivity index (χ4n) is 3.54. The highest BCUT2D eigenvalue weighted by Gasteiger charge is 2.30. The molecular formula is C19H24N4O2. The van der Waals surface area contributed by atoms with Crippen LogP contribution in [0.5, 0.6) is 0 Å². The molecule has 6 heteroatoms. The highest BCUT2D eigenvalue weighted by Crippen LogP contribution is 2.32. The van der Waals surface area contributed by atoms with Crippen LogP contribution in [0.2, 0.25) is 0 Å². The first-order chi connectivity index (χ1) is 12.2. The zero-order valence-corrected chi connectivity index (χ0v) is 14.8. The van der Waals surface area contributed by atoms with E-state index in [1.54, 1.807) is 0 Å². The molecule has 2 atom stereocenters.